The molecule has 0 radical (unpaired) electrons. The lowest BCUT2D eigenvalue weighted by atomic mass is 9.31. The molecule has 0 bridgehead atoms. The van der Waals surface area contributed by atoms with Crippen molar-refractivity contribution in [3.05, 3.63) is 258 Å². The molecule has 99 heavy (non-hydrogen) atoms. The van der Waals surface area contributed by atoms with E-state index in [0.29, 0.717) is 0 Å². The average molecular weight is 1550 g/mol. The molecule has 0 aromatic heterocycles. The van der Waals surface area contributed by atoms with Crippen molar-refractivity contribution in [1.29, 1.82) is 0 Å². The van der Waals surface area contributed by atoms with Crippen molar-refractivity contribution < 1.29 is 0 Å². The third kappa shape index (κ3) is 13.0. The summed E-state index contributed by atoms with van der Waals surface area (Å²) in [4.78, 5) is 15.6. The SMILES string of the molecule is CCCCc1ccc(N(c2ccc(C(C)(C)C)cc2)c2cc3c4c(c2)N(c2ccc(CCCC)cc2)c2cc(C)cc(I)c2B4c2cc4c(cc2S3)Sc2cc(N(c3ccc(I)cc3)c3ccc(CCCC)cc3)cc3c2B4c2c(CCCC)cc(C)cc2N3c2ccc(C)cc2)cc1. The van der Waals surface area contributed by atoms with Crippen LogP contribution in [0.2, 0.25) is 0 Å². The molecule has 15 rings (SSSR count). The molecule has 4 nitrogen and oxygen atoms in total. The minimum Gasteiger partial charge on any atom is -0.311 e. The number of hydrogen-bond acceptors (Lipinski definition) is 6. The summed E-state index contributed by atoms with van der Waals surface area (Å²) in [6.07, 6.45) is 13.6. The van der Waals surface area contributed by atoms with Crippen molar-refractivity contribution >= 4 is 183 Å². The number of aryl methyl sites for hydroxylation is 7. The Kier molecular flexibility index (Phi) is 19.4. The fraction of sp³-hybridized carbons (Fsp3) is 0.258. The molecule has 0 amide bonds. The number of benzene rings is 11. The average Bonchev–Trinajstić information content (AvgIpc) is 0.695. The minimum atomic E-state index is -0.0423. The summed E-state index contributed by atoms with van der Waals surface area (Å²) in [5.41, 5.74) is 33.5. The molecule has 0 saturated carbocycles. The Morgan fingerprint density at radius 3 is 1.22 bits per heavy atom. The molecule has 4 heterocycles. The highest BCUT2D eigenvalue weighted by atomic mass is 127. The van der Waals surface area contributed by atoms with Crippen LogP contribution in [0, 0.1) is 27.9 Å². The third-order valence-electron chi connectivity index (χ3n) is 20.9. The molecule has 0 aliphatic carbocycles. The maximum absolute atomic E-state index is 2.73. The number of hydrogen-bond donors (Lipinski definition) is 0. The van der Waals surface area contributed by atoms with Gasteiger partial charge >= 0.3 is 0 Å². The van der Waals surface area contributed by atoms with E-state index in [1.54, 1.807) is 0 Å². The third-order valence-corrected chi connectivity index (χ3v) is 24.8. The van der Waals surface area contributed by atoms with Crippen LogP contribution in [0.5, 0.6) is 0 Å². The molecule has 0 unspecified atom stereocenters. The molecule has 0 spiro atoms. The second kappa shape index (κ2) is 28.4. The van der Waals surface area contributed by atoms with E-state index in [1.165, 1.54) is 177 Å². The van der Waals surface area contributed by atoms with Gasteiger partial charge in [-0.05, 0) is 311 Å². The van der Waals surface area contributed by atoms with Gasteiger partial charge in [-0.25, -0.2) is 0 Å². The summed E-state index contributed by atoms with van der Waals surface area (Å²) in [5.74, 6) is 0. The van der Waals surface area contributed by atoms with Gasteiger partial charge in [-0.15, -0.1) is 0 Å². The zero-order chi connectivity index (χ0) is 68.4. The van der Waals surface area contributed by atoms with E-state index in [1.807, 2.05) is 23.5 Å². The highest BCUT2D eigenvalue weighted by Crippen LogP contribution is 2.51. The topological polar surface area (TPSA) is 13.0 Å². The standard InChI is InChI=1S/C89H88B2I2N4S2/c1-11-15-19-60-25-37-66(38-26-60)94(68-43-31-64(32-44-68)89(8,9)10)72-52-80-88-84(54-72)99-82-56-81-74(55-75(82)91(88)86-76(93)48-59(7)50-78(86)97(80)71-41-29-62(30-42-71)21-17-13-3)90-85-63(22-18-14-4)47-58(6)49-77(85)96(70-35-23-57(5)24-36-70)79-51-73(53-83(98-81)87(79)90)95(69-45-33-65(92)34-46-69)67-39-27-61(28-40-67)20-16-12-2/h23-56H,11-22H2,1-10H3. The molecule has 10 heteroatoms. The van der Waals surface area contributed by atoms with Gasteiger partial charge in [-0.2, -0.15) is 0 Å². The zero-order valence-electron chi connectivity index (χ0n) is 59.1. The van der Waals surface area contributed by atoms with E-state index in [2.05, 4.69) is 340 Å². The monoisotopic (exact) mass is 1550 g/mol. The Morgan fingerprint density at radius 2 is 0.758 bits per heavy atom. The molecular weight excluding hydrogens is 1460 g/mol. The predicted octanol–water partition coefficient (Wildman–Crippen LogP) is 23.0. The minimum absolute atomic E-state index is 0.0135. The van der Waals surface area contributed by atoms with Crippen molar-refractivity contribution in [2.45, 2.75) is 171 Å². The summed E-state index contributed by atoms with van der Waals surface area (Å²) in [5, 5.41) is 0. The lowest BCUT2D eigenvalue weighted by Gasteiger charge is -2.44. The van der Waals surface area contributed by atoms with Gasteiger partial charge in [0.05, 0.1) is 0 Å². The quantitative estimate of drug-likeness (QED) is 0.0553. The van der Waals surface area contributed by atoms with Gasteiger partial charge in [-0.3, -0.25) is 0 Å². The Bertz CT molecular complexity index is 4840. The summed E-state index contributed by atoms with van der Waals surface area (Å²) in [6, 6.07) is 81.9. The molecule has 0 atom stereocenters. The normalized spacial score (nSPS) is 13.2. The fourth-order valence-electron chi connectivity index (χ4n) is 15.8. The van der Waals surface area contributed by atoms with E-state index in [0.717, 1.165) is 72.6 Å². The first kappa shape index (κ1) is 67.7. The first-order valence-electron chi connectivity index (χ1n) is 36.3. The van der Waals surface area contributed by atoms with Gasteiger partial charge in [0.15, 0.2) is 0 Å². The highest BCUT2D eigenvalue weighted by molar-refractivity contribution is 14.1. The molecular formula is C89H88B2I2N4S2. The number of fused-ring (bicyclic) bond motifs is 8. The van der Waals surface area contributed by atoms with Crippen LogP contribution in [-0.4, -0.2) is 13.4 Å². The van der Waals surface area contributed by atoms with Gasteiger partial charge < -0.3 is 19.6 Å². The van der Waals surface area contributed by atoms with Crippen molar-refractivity contribution in [1.82, 2.24) is 0 Å². The van der Waals surface area contributed by atoms with Crippen molar-refractivity contribution in [3.8, 4) is 0 Å². The van der Waals surface area contributed by atoms with Crippen LogP contribution in [0.1, 0.15) is 144 Å². The summed E-state index contributed by atoms with van der Waals surface area (Å²) >= 11 is 9.14. The number of rotatable bonds is 20. The van der Waals surface area contributed by atoms with E-state index < -0.39 is 0 Å². The molecule has 4 aliphatic rings. The lowest BCUT2D eigenvalue weighted by molar-refractivity contribution is 0.590. The molecule has 11 aromatic rings. The van der Waals surface area contributed by atoms with Crippen LogP contribution < -0.4 is 52.4 Å². The maximum atomic E-state index is 2.73. The Morgan fingerprint density at radius 1 is 0.364 bits per heavy atom. The molecule has 0 fully saturated rings. The second-order valence-electron chi connectivity index (χ2n) is 29.2. The van der Waals surface area contributed by atoms with Crippen molar-refractivity contribution in [3.63, 3.8) is 0 Å². The van der Waals surface area contributed by atoms with E-state index in [-0.39, 0.29) is 18.8 Å². The van der Waals surface area contributed by atoms with E-state index >= 15 is 0 Å². The van der Waals surface area contributed by atoms with Gasteiger partial charge in [0.1, 0.15) is 0 Å². The van der Waals surface area contributed by atoms with Gasteiger partial charge in [-0.1, -0.05) is 193 Å². The molecule has 4 aliphatic heterocycles. The molecule has 496 valence electrons. The van der Waals surface area contributed by atoms with Crippen molar-refractivity contribution in [2.75, 3.05) is 19.6 Å². The van der Waals surface area contributed by atoms with Crippen LogP contribution in [-0.2, 0) is 31.1 Å². The molecule has 0 N–H and O–H groups in total. The summed E-state index contributed by atoms with van der Waals surface area (Å²) in [7, 11) is 0. The number of anilines is 12. The van der Waals surface area contributed by atoms with Gasteiger partial charge in [0, 0.05) is 95.0 Å². The smallest absolute Gasteiger partial charge is 0.250 e. The van der Waals surface area contributed by atoms with Gasteiger partial charge in [0.25, 0.3) is 6.71 Å². The number of unbranched alkanes of at least 4 members (excludes halogenated alkanes) is 4. The Labute approximate surface area is 626 Å². The summed E-state index contributed by atoms with van der Waals surface area (Å²) < 4.78 is 2.52. The highest BCUT2D eigenvalue weighted by Gasteiger charge is 2.48. The van der Waals surface area contributed by atoms with Crippen molar-refractivity contribution in [2.24, 2.45) is 0 Å². The molecule has 11 aromatic carbocycles. The van der Waals surface area contributed by atoms with Crippen LogP contribution in [0.4, 0.5) is 68.2 Å². The van der Waals surface area contributed by atoms with Crippen LogP contribution in [0.3, 0.4) is 0 Å². The Balaban J connectivity index is 0.983. The zero-order valence-corrected chi connectivity index (χ0v) is 65.1. The first-order chi connectivity index (χ1) is 48.1. The maximum Gasteiger partial charge on any atom is 0.250 e. The van der Waals surface area contributed by atoms with E-state index in [4.69, 9.17) is 0 Å². The van der Waals surface area contributed by atoms with E-state index in [9.17, 15) is 0 Å². The Hall–Kier alpha value is -7.09. The predicted molar refractivity (Wildman–Crippen MR) is 448 cm³/mol. The van der Waals surface area contributed by atoms with Crippen LogP contribution in [0.25, 0.3) is 0 Å². The van der Waals surface area contributed by atoms with Gasteiger partial charge in [0.2, 0.25) is 6.71 Å². The second-order valence-corrected chi connectivity index (χ2v) is 33.7. The fourth-order valence-corrected chi connectivity index (χ4v) is 19.7. The largest absolute Gasteiger partial charge is 0.311 e. The van der Waals surface area contributed by atoms with Crippen LogP contribution in [0.15, 0.2) is 226 Å². The first-order valence-corrected chi connectivity index (χ1v) is 40.1. The lowest BCUT2D eigenvalue weighted by Crippen LogP contribution is -2.64. The molecule has 0 saturated heterocycles. The number of nitrogens with zero attached hydrogens (tertiary/aromatic N) is 4. The summed E-state index contributed by atoms with van der Waals surface area (Å²) in [6.45, 7) is 22.9. The van der Waals surface area contributed by atoms with Crippen LogP contribution >= 0.6 is 68.7 Å². The number of halogens is 2.